The molecule has 1 aromatic rings. The standard InChI is InChI=1S/C13H15NO/c1-14-13-10-4-2-3-8(10)7-9-5-6-11(15)12(9)13/h7,14H,2-6H2,1H3. The Kier molecular flexibility index (Phi) is 1.84. The van der Waals surface area contributed by atoms with Gasteiger partial charge in [0.25, 0.3) is 0 Å². The highest BCUT2D eigenvalue weighted by molar-refractivity contribution is 6.06. The van der Waals surface area contributed by atoms with E-state index in [2.05, 4.69) is 11.4 Å². The number of anilines is 1. The lowest BCUT2D eigenvalue weighted by molar-refractivity contribution is 0.0995. The molecule has 0 saturated heterocycles. The van der Waals surface area contributed by atoms with Gasteiger partial charge in [0.1, 0.15) is 0 Å². The molecule has 0 spiro atoms. The maximum atomic E-state index is 11.8. The van der Waals surface area contributed by atoms with Crippen molar-refractivity contribution in [2.24, 2.45) is 0 Å². The minimum atomic E-state index is 0.323. The molecule has 0 fully saturated rings. The Balaban J connectivity index is 2.29. The number of hydrogen-bond donors (Lipinski definition) is 1. The van der Waals surface area contributed by atoms with E-state index in [4.69, 9.17) is 0 Å². The molecule has 0 saturated carbocycles. The second kappa shape index (κ2) is 3.09. The minimum Gasteiger partial charge on any atom is -0.387 e. The third kappa shape index (κ3) is 1.14. The van der Waals surface area contributed by atoms with Gasteiger partial charge in [0, 0.05) is 24.7 Å². The van der Waals surface area contributed by atoms with Gasteiger partial charge in [-0.15, -0.1) is 0 Å². The molecule has 1 aromatic carbocycles. The number of carbonyl (C=O) groups excluding carboxylic acids is 1. The molecular weight excluding hydrogens is 186 g/mol. The highest BCUT2D eigenvalue weighted by Gasteiger charge is 2.27. The van der Waals surface area contributed by atoms with Crippen LogP contribution in [0.4, 0.5) is 5.69 Å². The molecule has 0 aliphatic heterocycles. The summed E-state index contributed by atoms with van der Waals surface area (Å²) in [7, 11) is 1.93. The van der Waals surface area contributed by atoms with E-state index in [1.54, 1.807) is 0 Å². The molecule has 0 amide bonds. The van der Waals surface area contributed by atoms with Crippen molar-refractivity contribution in [1.82, 2.24) is 0 Å². The molecular formula is C13H15NO. The Bertz CT molecular complexity index is 448. The maximum Gasteiger partial charge on any atom is 0.165 e. The van der Waals surface area contributed by atoms with E-state index in [1.807, 2.05) is 7.05 Å². The van der Waals surface area contributed by atoms with Crippen LogP contribution in [0.5, 0.6) is 0 Å². The first-order chi connectivity index (χ1) is 7.31. The lowest BCUT2D eigenvalue weighted by Crippen LogP contribution is -2.04. The van der Waals surface area contributed by atoms with Crippen molar-refractivity contribution in [1.29, 1.82) is 0 Å². The smallest absolute Gasteiger partial charge is 0.165 e. The average molecular weight is 201 g/mol. The molecule has 2 nitrogen and oxygen atoms in total. The summed E-state index contributed by atoms with van der Waals surface area (Å²) in [4.78, 5) is 11.8. The molecule has 0 radical (unpaired) electrons. The fourth-order valence-electron chi connectivity index (χ4n) is 2.97. The third-order valence-electron chi connectivity index (χ3n) is 3.63. The number of nitrogens with one attached hydrogen (secondary N) is 1. The SMILES string of the molecule is CNc1c2c(cc3c1C(=O)CC3)CCC2. The van der Waals surface area contributed by atoms with Crippen LogP contribution < -0.4 is 5.32 Å². The average Bonchev–Trinajstić information content (AvgIpc) is 2.83. The lowest BCUT2D eigenvalue weighted by Gasteiger charge is -2.13. The van der Waals surface area contributed by atoms with Gasteiger partial charge in [0.05, 0.1) is 0 Å². The van der Waals surface area contributed by atoms with E-state index in [0.29, 0.717) is 12.2 Å². The number of fused-ring (bicyclic) bond motifs is 2. The molecule has 3 rings (SSSR count). The zero-order chi connectivity index (χ0) is 10.4. The second-order valence-corrected chi connectivity index (χ2v) is 4.45. The molecule has 0 aromatic heterocycles. The van der Waals surface area contributed by atoms with Gasteiger partial charge in [-0.2, -0.15) is 0 Å². The summed E-state index contributed by atoms with van der Waals surface area (Å²) >= 11 is 0. The van der Waals surface area contributed by atoms with Gasteiger partial charge < -0.3 is 5.32 Å². The van der Waals surface area contributed by atoms with Gasteiger partial charge >= 0.3 is 0 Å². The monoisotopic (exact) mass is 201 g/mol. The Hall–Kier alpha value is -1.31. The topological polar surface area (TPSA) is 29.1 Å². The van der Waals surface area contributed by atoms with Crippen LogP contribution in [0.2, 0.25) is 0 Å². The van der Waals surface area contributed by atoms with Gasteiger partial charge in [-0.3, -0.25) is 4.79 Å². The lowest BCUT2D eigenvalue weighted by atomic mass is 9.98. The Morgan fingerprint density at radius 1 is 1.13 bits per heavy atom. The molecule has 2 aliphatic carbocycles. The normalized spacial score (nSPS) is 17.8. The highest BCUT2D eigenvalue weighted by atomic mass is 16.1. The first-order valence-corrected chi connectivity index (χ1v) is 5.70. The van der Waals surface area contributed by atoms with Gasteiger partial charge in [0.2, 0.25) is 0 Å². The largest absolute Gasteiger partial charge is 0.387 e. The van der Waals surface area contributed by atoms with Crippen LogP contribution in [0.15, 0.2) is 6.07 Å². The predicted octanol–water partition coefficient (Wildman–Crippen LogP) is 2.35. The first-order valence-electron chi connectivity index (χ1n) is 5.70. The fraction of sp³-hybridized carbons (Fsp3) is 0.462. The predicted molar refractivity (Wildman–Crippen MR) is 60.7 cm³/mol. The van der Waals surface area contributed by atoms with Crippen molar-refractivity contribution < 1.29 is 4.79 Å². The van der Waals surface area contributed by atoms with Gasteiger partial charge in [-0.05, 0) is 42.4 Å². The van der Waals surface area contributed by atoms with Crippen molar-refractivity contribution in [3.63, 3.8) is 0 Å². The summed E-state index contributed by atoms with van der Waals surface area (Å²) in [6.07, 6.45) is 5.20. The van der Waals surface area contributed by atoms with Gasteiger partial charge in [0.15, 0.2) is 5.78 Å². The summed E-state index contributed by atoms with van der Waals surface area (Å²) in [5.74, 6) is 0.323. The number of aryl methyl sites for hydroxylation is 2. The molecule has 2 heteroatoms. The van der Waals surface area contributed by atoms with Crippen molar-refractivity contribution in [3.8, 4) is 0 Å². The molecule has 15 heavy (non-hydrogen) atoms. The number of carbonyl (C=O) groups is 1. The van der Waals surface area contributed by atoms with Crippen molar-refractivity contribution in [2.75, 3.05) is 12.4 Å². The molecule has 2 aliphatic rings. The first kappa shape index (κ1) is 8.96. The molecule has 0 atom stereocenters. The van der Waals surface area contributed by atoms with Crippen LogP contribution in [0.3, 0.4) is 0 Å². The Morgan fingerprint density at radius 2 is 2.00 bits per heavy atom. The number of benzene rings is 1. The minimum absolute atomic E-state index is 0.323. The van der Waals surface area contributed by atoms with Crippen LogP contribution in [-0.4, -0.2) is 12.8 Å². The fourth-order valence-corrected chi connectivity index (χ4v) is 2.97. The number of rotatable bonds is 1. The molecule has 1 N–H and O–H groups in total. The van der Waals surface area contributed by atoms with Gasteiger partial charge in [-0.1, -0.05) is 6.07 Å². The van der Waals surface area contributed by atoms with Crippen LogP contribution in [0.25, 0.3) is 0 Å². The molecule has 0 heterocycles. The van der Waals surface area contributed by atoms with Crippen LogP contribution >= 0.6 is 0 Å². The number of hydrogen-bond acceptors (Lipinski definition) is 2. The quantitative estimate of drug-likeness (QED) is 0.755. The molecule has 0 bridgehead atoms. The summed E-state index contributed by atoms with van der Waals surface area (Å²) in [6, 6.07) is 2.27. The Morgan fingerprint density at radius 3 is 2.80 bits per heavy atom. The third-order valence-corrected chi connectivity index (χ3v) is 3.63. The second-order valence-electron chi connectivity index (χ2n) is 4.45. The number of ketones is 1. The molecule has 0 unspecified atom stereocenters. The maximum absolute atomic E-state index is 11.8. The van der Waals surface area contributed by atoms with Crippen molar-refractivity contribution >= 4 is 11.5 Å². The zero-order valence-electron chi connectivity index (χ0n) is 9.02. The summed E-state index contributed by atoms with van der Waals surface area (Å²) in [5, 5.41) is 3.24. The van der Waals surface area contributed by atoms with Crippen LogP contribution in [-0.2, 0) is 19.3 Å². The summed E-state index contributed by atoms with van der Waals surface area (Å²) in [5.41, 5.74) is 6.24. The number of Topliss-reactive ketones (excluding diaryl/α,β-unsaturated/α-hetero) is 1. The van der Waals surface area contributed by atoms with Crippen LogP contribution in [0.1, 0.15) is 39.9 Å². The van der Waals surface area contributed by atoms with E-state index in [1.165, 1.54) is 29.5 Å². The Labute approximate surface area is 89.7 Å². The van der Waals surface area contributed by atoms with E-state index in [-0.39, 0.29) is 0 Å². The summed E-state index contributed by atoms with van der Waals surface area (Å²) < 4.78 is 0. The van der Waals surface area contributed by atoms with E-state index in [9.17, 15) is 4.79 Å². The van der Waals surface area contributed by atoms with E-state index in [0.717, 1.165) is 24.1 Å². The highest BCUT2D eigenvalue weighted by Crippen LogP contribution is 2.38. The van der Waals surface area contributed by atoms with Gasteiger partial charge in [-0.25, -0.2) is 0 Å². The molecule has 78 valence electrons. The van der Waals surface area contributed by atoms with Crippen molar-refractivity contribution in [3.05, 3.63) is 28.3 Å². The zero-order valence-corrected chi connectivity index (χ0v) is 9.02. The van der Waals surface area contributed by atoms with E-state index >= 15 is 0 Å². The summed E-state index contributed by atoms with van der Waals surface area (Å²) in [6.45, 7) is 0. The van der Waals surface area contributed by atoms with Crippen molar-refractivity contribution in [2.45, 2.75) is 32.1 Å². The van der Waals surface area contributed by atoms with Crippen LogP contribution in [0, 0.1) is 0 Å². The van der Waals surface area contributed by atoms with E-state index < -0.39 is 0 Å².